The van der Waals surface area contributed by atoms with E-state index in [0.29, 0.717) is 12.2 Å². The molecule has 0 aliphatic heterocycles. The van der Waals surface area contributed by atoms with Crippen LogP contribution in [0.2, 0.25) is 0 Å². The van der Waals surface area contributed by atoms with Gasteiger partial charge in [0.15, 0.2) is 0 Å². The van der Waals surface area contributed by atoms with E-state index >= 15 is 0 Å². The minimum atomic E-state index is -0.443. The summed E-state index contributed by atoms with van der Waals surface area (Å²) in [6, 6.07) is 0. The maximum absolute atomic E-state index is 11.7. The zero-order valence-corrected chi connectivity index (χ0v) is 10.6. The van der Waals surface area contributed by atoms with Crippen LogP contribution in [0.25, 0.3) is 0 Å². The van der Waals surface area contributed by atoms with Crippen LogP contribution in [0, 0.1) is 0 Å². The van der Waals surface area contributed by atoms with Crippen molar-refractivity contribution >= 4 is 23.2 Å². The number of likely N-dealkylation sites (N-methyl/N-ethyl adjacent to an activating group) is 1. The molecule has 6 nitrogen and oxygen atoms in total. The fraction of sp³-hybridized carbons (Fsp3) is 0.500. The Morgan fingerprint density at radius 3 is 2.82 bits per heavy atom. The number of methoxy groups -OCH3 is 1. The van der Waals surface area contributed by atoms with Gasteiger partial charge in [0.2, 0.25) is 5.91 Å². The van der Waals surface area contributed by atoms with Gasteiger partial charge in [0.25, 0.3) is 0 Å². The standard InChI is InChI=1S/C10H15N3O3S/c1-13(5-10(15)16-2)9(14)3-7-6-17-8(4-11)12-7/h6H,3-5,11H2,1-2H3. The van der Waals surface area contributed by atoms with Crippen LogP contribution in [-0.2, 0) is 27.3 Å². The van der Waals surface area contributed by atoms with Gasteiger partial charge in [0.05, 0.1) is 19.2 Å². The highest BCUT2D eigenvalue weighted by Crippen LogP contribution is 2.10. The van der Waals surface area contributed by atoms with E-state index in [0.717, 1.165) is 5.01 Å². The molecule has 0 atom stereocenters. The molecule has 1 aromatic rings. The number of nitrogens with zero attached hydrogens (tertiary/aromatic N) is 2. The molecule has 94 valence electrons. The van der Waals surface area contributed by atoms with Gasteiger partial charge in [-0.05, 0) is 0 Å². The van der Waals surface area contributed by atoms with Crippen molar-refractivity contribution in [2.75, 3.05) is 20.7 Å². The Labute approximate surface area is 103 Å². The van der Waals surface area contributed by atoms with Gasteiger partial charge in [-0.1, -0.05) is 0 Å². The summed E-state index contributed by atoms with van der Waals surface area (Å²) in [5.41, 5.74) is 6.11. The van der Waals surface area contributed by atoms with Crippen LogP contribution in [0.5, 0.6) is 0 Å². The van der Waals surface area contributed by atoms with Crippen LogP contribution in [0.1, 0.15) is 10.7 Å². The van der Waals surface area contributed by atoms with Crippen LogP contribution in [0.3, 0.4) is 0 Å². The quantitative estimate of drug-likeness (QED) is 0.737. The average Bonchev–Trinajstić information content (AvgIpc) is 2.76. The number of carbonyl (C=O) groups excluding carboxylic acids is 2. The molecule has 0 bridgehead atoms. The van der Waals surface area contributed by atoms with Gasteiger partial charge < -0.3 is 15.4 Å². The van der Waals surface area contributed by atoms with E-state index in [4.69, 9.17) is 5.73 Å². The molecule has 0 fully saturated rings. The molecule has 0 spiro atoms. The molecule has 0 unspecified atom stereocenters. The Morgan fingerprint density at radius 1 is 1.59 bits per heavy atom. The van der Waals surface area contributed by atoms with Gasteiger partial charge in [-0.2, -0.15) is 0 Å². The Morgan fingerprint density at radius 2 is 2.29 bits per heavy atom. The summed E-state index contributed by atoms with van der Waals surface area (Å²) in [4.78, 5) is 28.2. The fourth-order valence-electron chi connectivity index (χ4n) is 1.16. The lowest BCUT2D eigenvalue weighted by atomic mass is 10.3. The molecule has 0 aromatic carbocycles. The molecule has 7 heteroatoms. The Hall–Kier alpha value is -1.47. The minimum absolute atomic E-state index is 0.0524. The monoisotopic (exact) mass is 257 g/mol. The zero-order valence-electron chi connectivity index (χ0n) is 9.80. The third-order valence-corrected chi connectivity index (χ3v) is 3.05. The Balaban J connectivity index is 2.50. The lowest BCUT2D eigenvalue weighted by Gasteiger charge is -2.14. The molecule has 1 aromatic heterocycles. The number of aromatic nitrogens is 1. The molecule has 0 aliphatic rings. The van der Waals surface area contributed by atoms with Crippen molar-refractivity contribution in [2.45, 2.75) is 13.0 Å². The number of thiazole rings is 1. The number of amides is 1. The highest BCUT2D eigenvalue weighted by molar-refractivity contribution is 7.09. The van der Waals surface area contributed by atoms with Gasteiger partial charge in [0, 0.05) is 19.0 Å². The Kier molecular flexibility index (Phi) is 5.05. The van der Waals surface area contributed by atoms with Gasteiger partial charge in [-0.3, -0.25) is 9.59 Å². The molecule has 0 saturated carbocycles. The molecule has 0 saturated heterocycles. The number of carbonyl (C=O) groups is 2. The smallest absolute Gasteiger partial charge is 0.325 e. The molecule has 1 rings (SSSR count). The maximum atomic E-state index is 11.7. The van der Waals surface area contributed by atoms with Gasteiger partial charge in [-0.25, -0.2) is 4.98 Å². The summed E-state index contributed by atoms with van der Waals surface area (Å²) in [7, 11) is 2.84. The number of esters is 1. The van der Waals surface area contributed by atoms with Crippen LogP contribution in [-0.4, -0.2) is 42.5 Å². The third kappa shape index (κ3) is 4.12. The first-order valence-corrected chi connectivity index (χ1v) is 5.89. The van der Waals surface area contributed by atoms with Crippen molar-refractivity contribution in [3.63, 3.8) is 0 Å². The average molecular weight is 257 g/mol. The fourth-order valence-corrected chi connectivity index (χ4v) is 1.83. The largest absolute Gasteiger partial charge is 0.468 e. The highest BCUT2D eigenvalue weighted by Gasteiger charge is 2.14. The molecular formula is C10H15N3O3S. The molecular weight excluding hydrogens is 242 g/mol. The summed E-state index contributed by atoms with van der Waals surface area (Å²) in [5, 5.41) is 2.59. The predicted molar refractivity (Wildman–Crippen MR) is 63.4 cm³/mol. The first-order chi connectivity index (χ1) is 8.06. The molecule has 1 heterocycles. The first-order valence-electron chi connectivity index (χ1n) is 5.01. The third-order valence-electron chi connectivity index (χ3n) is 2.13. The lowest BCUT2D eigenvalue weighted by Crippen LogP contribution is -2.33. The molecule has 2 N–H and O–H groups in total. The summed E-state index contributed by atoms with van der Waals surface area (Å²) in [6.45, 7) is 0.320. The van der Waals surface area contributed by atoms with Gasteiger partial charge >= 0.3 is 5.97 Å². The second-order valence-corrected chi connectivity index (χ2v) is 4.38. The van der Waals surface area contributed by atoms with E-state index in [2.05, 4.69) is 9.72 Å². The van der Waals surface area contributed by atoms with Crippen molar-refractivity contribution in [3.8, 4) is 0 Å². The molecule has 1 amide bonds. The van der Waals surface area contributed by atoms with Crippen LogP contribution in [0.4, 0.5) is 0 Å². The van der Waals surface area contributed by atoms with Gasteiger partial charge in [0.1, 0.15) is 11.6 Å². The second-order valence-electron chi connectivity index (χ2n) is 3.44. The highest BCUT2D eigenvalue weighted by atomic mass is 32.1. The van der Waals surface area contributed by atoms with E-state index in [1.807, 2.05) is 0 Å². The first kappa shape index (κ1) is 13.6. The van der Waals surface area contributed by atoms with Crippen molar-refractivity contribution in [3.05, 3.63) is 16.1 Å². The predicted octanol–water partition coefficient (Wildman–Crippen LogP) is -0.224. The summed E-state index contributed by atoms with van der Waals surface area (Å²) >= 11 is 1.42. The van der Waals surface area contributed by atoms with Crippen LogP contribution < -0.4 is 5.73 Å². The minimum Gasteiger partial charge on any atom is -0.468 e. The number of nitrogens with two attached hydrogens (primary N) is 1. The summed E-state index contributed by atoms with van der Waals surface area (Å²) in [5.74, 6) is -0.619. The summed E-state index contributed by atoms with van der Waals surface area (Å²) < 4.78 is 4.48. The van der Waals surface area contributed by atoms with Gasteiger partial charge in [-0.15, -0.1) is 11.3 Å². The molecule has 0 aliphatic carbocycles. The lowest BCUT2D eigenvalue weighted by molar-refractivity contribution is -0.145. The van der Waals surface area contributed by atoms with E-state index < -0.39 is 5.97 Å². The topological polar surface area (TPSA) is 85.5 Å². The SMILES string of the molecule is COC(=O)CN(C)C(=O)Cc1csc(CN)n1. The van der Waals surface area contributed by atoms with E-state index in [9.17, 15) is 9.59 Å². The number of hydrogen-bond acceptors (Lipinski definition) is 6. The molecule has 17 heavy (non-hydrogen) atoms. The maximum Gasteiger partial charge on any atom is 0.325 e. The molecule has 0 radical (unpaired) electrons. The van der Waals surface area contributed by atoms with E-state index in [-0.39, 0.29) is 18.9 Å². The van der Waals surface area contributed by atoms with Crippen LogP contribution in [0.15, 0.2) is 5.38 Å². The number of hydrogen-bond donors (Lipinski definition) is 1. The van der Waals surface area contributed by atoms with Crippen molar-refractivity contribution in [1.82, 2.24) is 9.88 Å². The van der Waals surface area contributed by atoms with E-state index in [1.165, 1.54) is 23.3 Å². The van der Waals surface area contributed by atoms with Crippen molar-refractivity contribution < 1.29 is 14.3 Å². The van der Waals surface area contributed by atoms with Crippen LogP contribution >= 0.6 is 11.3 Å². The van der Waals surface area contributed by atoms with Crippen molar-refractivity contribution in [1.29, 1.82) is 0 Å². The number of rotatable bonds is 5. The summed E-state index contributed by atoms with van der Waals surface area (Å²) in [6.07, 6.45) is 0.171. The van der Waals surface area contributed by atoms with Crippen molar-refractivity contribution in [2.24, 2.45) is 5.73 Å². The number of ether oxygens (including phenoxy) is 1. The normalized spacial score (nSPS) is 10.1. The zero-order chi connectivity index (χ0) is 12.8. The van der Waals surface area contributed by atoms with E-state index in [1.54, 1.807) is 12.4 Å². The second kappa shape index (κ2) is 6.31. The Bertz CT molecular complexity index is 405.